The number of ether oxygens (including phenoxy) is 2. The second-order valence-corrected chi connectivity index (χ2v) is 30.9. The summed E-state index contributed by atoms with van der Waals surface area (Å²) in [5.74, 6) is -2.36. The SMILES string of the molecule is C.CC(F)(F)c1ccc(NCC(O)CNc2ccc(C(F)(F)F)cc2)cc1.Cc1ccc(NCC(O)COc2ccc(F)cc2)cc1.OC(CCc1ccccc1)CN(Cc1ccccc1)Cc1ccccc1.OC(CN(Cc1ccccc1)Cc1ccccc1)c1ccc2ccccc2c1.OC(COc1ccc(C(F)(F)F)cc1)CN1CCc2ccccc2C1. The highest BCUT2D eigenvalue weighted by Gasteiger charge is 2.32. The summed E-state index contributed by atoms with van der Waals surface area (Å²) >= 11 is 0. The average Bonchev–Trinajstić information content (AvgIpc) is 0.832. The van der Waals surface area contributed by atoms with Gasteiger partial charge in [-0.3, -0.25) is 14.7 Å². The van der Waals surface area contributed by atoms with E-state index in [1.807, 2.05) is 91.9 Å². The lowest BCUT2D eigenvalue weighted by Gasteiger charge is -2.30. The number of β-amino-alcohol motifs (C(OH)–C–C–N with tert-alkyl or cyclic N) is 1. The van der Waals surface area contributed by atoms with Crippen molar-refractivity contribution >= 4 is 27.8 Å². The number of alkyl halides is 8. The van der Waals surface area contributed by atoms with Gasteiger partial charge in [0.2, 0.25) is 0 Å². The second kappa shape index (κ2) is 50.3. The van der Waals surface area contributed by atoms with Crippen LogP contribution in [-0.4, -0.2) is 124 Å². The summed E-state index contributed by atoms with van der Waals surface area (Å²) in [5.41, 5.74) is 11.5. The molecule has 0 saturated heterocycles. The molecule has 13 aromatic carbocycles. The summed E-state index contributed by atoms with van der Waals surface area (Å²) < 4.78 is 125. The van der Waals surface area contributed by atoms with Gasteiger partial charge in [-0.05, 0) is 185 Å². The Kier molecular flexibility index (Phi) is 39.1. The van der Waals surface area contributed by atoms with E-state index in [2.05, 4.69) is 188 Å². The van der Waals surface area contributed by atoms with Crippen molar-refractivity contribution in [3.8, 4) is 11.5 Å². The first-order chi connectivity index (χ1) is 60.2. The summed E-state index contributed by atoms with van der Waals surface area (Å²) in [4.78, 5) is 6.80. The molecule has 126 heavy (non-hydrogen) atoms. The number of anilines is 3. The number of fused-ring (bicyclic) bond motifs is 2. The third-order valence-corrected chi connectivity index (χ3v) is 20.5. The molecule has 0 fully saturated rings. The van der Waals surface area contributed by atoms with Crippen LogP contribution in [0.15, 0.2) is 340 Å². The Hall–Kier alpha value is -11.8. The number of hydrogen-bond acceptors (Lipinski definition) is 13. The zero-order chi connectivity index (χ0) is 88.8. The van der Waals surface area contributed by atoms with Gasteiger partial charge in [0.25, 0.3) is 5.92 Å². The molecule has 22 heteroatoms. The van der Waals surface area contributed by atoms with Crippen molar-refractivity contribution in [3.05, 3.63) is 412 Å². The van der Waals surface area contributed by atoms with E-state index in [9.17, 15) is 65.0 Å². The van der Waals surface area contributed by atoms with E-state index in [1.54, 1.807) is 0 Å². The van der Waals surface area contributed by atoms with Gasteiger partial charge in [0, 0.05) is 108 Å². The first-order valence-electron chi connectivity index (χ1n) is 41.6. The first kappa shape index (κ1) is 98.0. The number of halogens is 9. The van der Waals surface area contributed by atoms with Gasteiger partial charge in [-0.15, -0.1) is 0 Å². The summed E-state index contributed by atoms with van der Waals surface area (Å²) in [6.07, 6.45) is -9.14. The lowest BCUT2D eigenvalue weighted by molar-refractivity contribution is -0.138. The highest BCUT2D eigenvalue weighted by Crippen LogP contribution is 2.33. The lowest BCUT2D eigenvalue weighted by atomic mass is 10.00. The maximum atomic E-state index is 13.1. The van der Waals surface area contributed by atoms with Crippen molar-refractivity contribution in [3.63, 3.8) is 0 Å². The fourth-order valence-electron chi connectivity index (χ4n) is 13.8. The van der Waals surface area contributed by atoms with Gasteiger partial charge in [-0.25, -0.2) is 13.2 Å². The Labute approximate surface area is 734 Å². The number of aliphatic hydroxyl groups excluding tert-OH is 5. The Morgan fingerprint density at radius 3 is 1.23 bits per heavy atom. The van der Waals surface area contributed by atoms with Gasteiger partial charge in [-0.2, -0.15) is 26.3 Å². The Balaban J connectivity index is 0.000000178. The number of nitrogens with zero attached hydrogens (tertiary/aromatic N) is 3. The van der Waals surface area contributed by atoms with Crippen LogP contribution in [0.3, 0.4) is 0 Å². The highest BCUT2D eigenvalue weighted by atomic mass is 19.4. The van der Waals surface area contributed by atoms with Crippen molar-refractivity contribution < 1.29 is 74.5 Å². The maximum Gasteiger partial charge on any atom is 0.416 e. The number of rotatable bonds is 34. The zero-order valence-corrected chi connectivity index (χ0v) is 70.0. The molecule has 664 valence electrons. The Bertz CT molecular complexity index is 5000. The quantitative estimate of drug-likeness (QED) is 0.0180. The van der Waals surface area contributed by atoms with Crippen molar-refractivity contribution in [1.29, 1.82) is 0 Å². The maximum absolute atomic E-state index is 13.1. The molecule has 1 aliphatic rings. The van der Waals surface area contributed by atoms with E-state index in [4.69, 9.17) is 9.47 Å². The second-order valence-electron chi connectivity index (χ2n) is 30.9. The van der Waals surface area contributed by atoms with Crippen molar-refractivity contribution in [2.24, 2.45) is 0 Å². The molecule has 0 aliphatic carbocycles. The zero-order valence-electron chi connectivity index (χ0n) is 70.0. The number of aliphatic hydroxyl groups is 5. The minimum Gasteiger partial charge on any atom is -0.491 e. The minimum absolute atomic E-state index is 0. The van der Waals surface area contributed by atoms with Crippen LogP contribution in [0.25, 0.3) is 10.8 Å². The molecule has 0 spiro atoms. The van der Waals surface area contributed by atoms with Gasteiger partial charge in [-0.1, -0.05) is 250 Å². The van der Waals surface area contributed by atoms with E-state index in [0.29, 0.717) is 49.1 Å². The van der Waals surface area contributed by atoms with Gasteiger partial charge in [0.1, 0.15) is 42.7 Å². The van der Waals surface area contributed by atoms with Gasteiger partial charge in [0.15, 0.2) is 0 Å². The fraction of sp³-hybridized carbons (Fsp3) is 0.269. The molecule has 0 amide bonds. The largest absolute Gasteiger partial charge is 0.491 e. The van der Waals surface area contributed by atoms with Crippen LogP contribution in [0, 0.1) is 12.7 Å². The normalized spacial score (nSPS) is 13.2. The lowest BCUT2D eigenvalue weighted by Crippen LogP contribution is -2.38. The van der Waals surface area contributed by atoms with Gasteiger partial charge >= 0.3 is 12.4 Å². The molecule has 1 aliphatic heterocycles. The Morgan fingerprint density at radius 1 is 0.389 bits per heavy atom. The molecule has 1 heterocycles. The number of nitrogens with one attached hydrogen (secondary N) is 3. The fourth-order valence-corrected chi connectivity index (χ4v) is 13.8. The monoisotopic (exact) mass is 1730 g/mol. The van der Waals surface area contributed by atoms with E-state index in [-0.39, 0.29) is 51.2 Å². The van der Waals surface area contributed by atoms with Gasteiger partial charge < -0.3 is 51.0 Å². The predicted octanol–water partition coefficient (Wildman–Crippen LogP) is 22.1. The minimum atomic E-state index is -4.39. The summed E-state index contributed by atoms with van der Waals surface area (Å²) in [6, 6.07) is 103. The number of aryl methyl sites for hydroxylation is 2. The first-order valence-corrected chi connectivity index (χ1v) is 41.6. The summed E-state index contributed by atoms with van der Waals surface area (Å²) in [5, 5.41) is 62.7. The van der Waals surface area contributed by atoms with E-state index in [1.165, 1.54) is 123 Å². The molecule has 0 radical (unpaired) electrons. The standard InChI is InChI=1S/C26H25NO.C24H27NO.C19H20F3NO2.C18H19F5N2O.C16H18FNO2.CH4/c28-26(25-16-15-23-13-7-8-14-24(23)17-25)20-27(18-21-9-3-1-4-10-21)19-22-11-5-2-6-12-22;26-24(17-16-21-10-4-1-5-11-21)20-25(18-22-12-6-2-7-13-22)19-23-14-8-3-9-15-23;20-19(21,22)16-5-7-18(8-6-16)25-13-17(24)12-23-10-9-14-3-1-2-4-15(14)11-23;1-17(19,20)12-2-6-14(7-3-12)24-10-16(26)11-25-15-8-4-13(5-9-15)18(21,22)23;1-12-2-6-14(7-3-12)18-10-15(19)11-20-16-8-4-13(17)5-9-16;/h1-17,26,28H,18-20H2;1-15,24,26H,16-20H2;1-8,17,24H,9-13H2;2-9,16,24-26H,10-11H2,1H3;2-9,15,18-19H,10-11H2,1H3;1H4. The number of hydrogen-bond donors (Lipinski definition) is 8. The molecular weight excluding hydrogens is 1620 g/mol. The van der Waals surface area contributed by atoms with Crippen molar-refractivity contribution in [2.45, 2.75) is 122 Å². The Morgan fingerprint density at radius 2 is 0.770 bits per heavy atom. The van der Waals surface area contributed by atoms with Gasteiger partial charge in [0.05, 0.1) is 29.4 Å². The average molecular weight is 1730 g/mol. The molecule has 0 bridgehead atoms. The van der Waals surface area contributed by atoms with Crippen LogP contribution < -0.4 is 25.4 Å². The summed E-state index contributed by atoms with van der Waals surface area (Å²) in [7, 11) is 0. The smallest absolute Gasteiger partial charge is 0.416 e. The third-order valence-electron chi connectivity index (χ3n) is 20.5. The predicted molar refractivity (Wildman–Crippen MR) is 487 cm³/mol. The third kappa shape index (κ3) is 35.3. The van der Waals surface area contributed by atoms with Crippen LogP contribution in [-0.2, 0) is 63.8 Å². The molecule has 14 rings (SSSR count). The van der Waals surface area contributed by atoms with Crippen LogP contribution in [0.5, 0.6) is 11.5 Å². The number of benzene rings is 13. The highest BCUT2D eigenvalue weighted by molar-refractivity contribution is 5.83. The van der Waals surface area contributed by atoms with Crippen molar-refractivity contribution in [2.75, 3.05) is 75.0 Å². The van der Waals surface area contributed by atoms with E-state index in [0.717, 1.165) is 106 Å². The van der Waals surface area contributed by atoms with Crippen LogP contribution >= 0.6 is 0 Å². The molecule has 13 aromatic rings. The molecule has 5 atom stereocenters. The molecule has 0 saturated carbocycles. The molecular formula is C104H113F9N6O7. The molecule has 13 nitrogen and oxygen atoms in total. The van der Waals surface area contributed by atoms with Crippen LogP contribution in [0.4, 0.5) is 56.6 Å². The molecule has 8 N–H and O–H groups in total. The topological polar surface area (TPSA) is 165 Å². The van der Waals surface area contributed by atoms with Crippen LogP contribution in [0.1, 0.15) is 93.6 Å². The van der Waals surface area contributed by atoms with E-state index < -0.39 is 53.8 Å². The van der Waals surface area contributed by atoms with Crippen molar-refractivity contribution in [1.82, 2.24) is 14.7 Å². The van der Waals surface area contributed by atoms with Crippen LogP contribution in [0.2, 0.25) is 0 Å². The molecule has 0 aromatic heterocycles. The summed E-state index contributed by atoms with van der Waals surface area (Å²) in [6.45, 7) is 10.4. The molecule has 5 unspecified atom stereocenters. The van der Waals surface area contributed by atoms with E-state index >= 15 is 0 Å².